The summed E-state index contributed by atoms with van der Waals surface area (Å²) in [6, 6.07) is 12.8. The van der Waals surface area contributed by atoms with Gasteiger partial charge in [-0.2, -0.15) is 0 Å². The Balaban J connectivity index is 1.68. The van der Waals surface area contributed by atoms with Crippen LogP contribution in [-0.2, 0) is 16.7 Å². The van der Waals surface area contributed by atoms with Crippen LogP contribution in [0.15, 0.2) is 45.9 Å². The first kappa shape index (κ1) is 22.3. The minimum absolute atomic E-state index is 0.0601. The quantitative estimate of drug-likeness (QED) is 0.472. The number of guanidine groups is 1. The second-order valence-corrected chi connectivity index (χ2v) is 8.04. The summed E-state index contributed by atoms with van der Waals surface area (Å²) in [6.07, 6.45) is 4.15. The van der Waals surface area contributed by atoms with Crippen LogP contribution in [0.4, 0.5) is 0 Å². The van der Waals surface area contributed by atoms with E-state index in [1.165, 1.54) is 5.56 Å². The van der Waals surface area contributed by atoms with Gasteiger partial charge in [0.2, 0.25) is 0 Å². The Labute approximate surface area is 180 Å². The first-order valence-corrected chi connectivity index (χ1v) is 11.3. The second kappa shape index (κ2) is 11.2. The maximum atomic E-state index is 5.65. The van der Waals surface area contributed by atoms with Crippen LogP contribution in [-0.4, -0.2) is 37.4 Å². The molecule has 30 heavy (non-hydrogen) atoms. The molecule has 0 amide bonds. The molecule has 2 N–H and O–H groups in total. The molecule has 6 nitrogen and oxygen atoms in total. The lowest BCUT2D eigenvalue weighted by atomic mass is 9.74. The maximum Gasteiger partial charge on any atom is 0.191 e. The molecule has 0 unspecified atom stereocenters. The van der Waals surface area contributed by atoms with Gasteiger partial charge in [-0.15, -0.1) is 0 Å². The Kier molecular flexibility index (Phi) is 8.31. The molecule has 0 aliphatic carbocycles. The number of hydrogen-bond acceptors (Lipinski definition) is 4. The average molecular weight is 413 g/mol. The first-order valence-electron chi connectivity index (χ1n) is 11.3. The molecule has 164 valence electrons. The molecule has 2 aromatic rings. The standard InChI is InChI=1S/C24H36N4O2/c1-4-19(5-2)22-16-21(30-28-22)17-26-23(25-6-3)27-18-24(12-14-29-15-13-24)20-10-8-7-9-11-20/h7-11,16,19H,4-6,12-15,17-18H2,1-3H3,(H2,25,26,27). The van der Waals surface area contributed by atoms with Crippen molar-refractivity contribution in [3.8, 4) is 0 Å². The fourth-order valence-electron chi connectivity index (χ4n) is 4.18. The van der Waals surface area contributed by atoms with Crippen molar-refractivity contribution < 1.29 is 9.26 Å². The molecule has 0 saturated carbocycles. The average Bonchev–Trinajstić information content (AvgIpc) is 3.26. The summed E-state index contributed by atoms with van der Waals surface area (Å²) >= 11 is 0. The van der Waals surface area contributed by atoms with Gasteiger partial charge in [0.25, 0.3) is 0 Å². The number of ether oxygens (including phenoxy) is 1. The predicted molar refractivity (Wildman–Crippen MR) is 121 cm³/mol. The van der Waals surface area contributed by atoms with Crippen molar-refractivity contribution in [3.05, 3.63) is 53.4 Å². The Hall–Kier alpha value is -2.34. The van der Waals surface area contributed by atoms with Crippen LogP contribution in [0.2, 0.25) is 0 Å². The van der Waals surface area contributed by atoms with Crippen molar-refractivity contribution in [2.45, 2.75) is 64.3 Å². The summed E-state index contributed by atoms with van der Waals surface area (Å²) < 4.78 is 11.2. The van der Waals surface area contributed by atoms with Crippen LogP contribution in [0.25, 0.3) is 0 Å². The van der Waals surface area contributed by atoms with Crippen molar-refractivity contribution in [1.82, 2.24) is 15.8 Å². The molecule has 1 aromatic carbocycles. The topological polar surface area (TPSA) is 71.7 Å². The van der Waals surface area contributed by atoms with Gasteiger partial charge in [-0.1, -0.05) is 49.3 Å². The normalized spacial score (nSPS) is 16.6. The van der Waals surface area contributed by atoms with E-state index in [0.29, 0.717) is 12.5 Å². The van der Waals surface area contributed by atoms with Gasteiger partial charge in [0.1, 0.15) is 6.54 Å². The molecule has 2 heterocycles. The Morgan fingerprint density at radius 2 is 1.83 bits per heavy atom. The molecule has 0 bridgehead atoms. The van der Waals surface area contributed by atoms with Gasteiger partial charge < -0.3 is 19.9 Å². The number of benzene rings is 1. The lowest BCUT2D eigenvalue weighted by Gasteiger charge is -2.38. The zero-order valence-corrected chi connectivity index (χ0v) is 18.6. The SMILES string of the molecule is CCNC(=NCc1cc(C(CC)CC)no1)NCC1(c2ccccc2)CCOCC1. The van der Waals surface area contributed by atoms with Crippen molar-refractivity contribution in [1.29, 1.82) is 0 Å². The van der Waals surface area contributed by atoms with Crippen molar-refractivity contribution in [2.24, 2.45) is 4.99 Å². The smallest absolute Gasteiger partial charge is 0.191 e. The summed E-state index contributed by atoms with van der Waals surface area (Å²) in [5, 5.41) is 11.2. The van der Waals surface area contributed by atoms with Crippen molar-refractivity contribution in [3.63, 3.8) is 0 Å². The van der Waals surface area contributed by atoms with Crippen LogP contribution in [0, 0.1) is 0 Å². The summed E-state index contributed by atoms with van der Waals surface area (Å²) in [5.41, 5.74) is 2.46. The molecule has 0 radical (unpaired) electrons. The molecular weight excluding hydrogens is 376 g/mol. The van der Waals surface area contributed by atoms with E-state index in [0.717, 1.165) is 69.4 Å². The van der Waals surface area contributed by atoms with Crippen LogP contribution >= 0.6 is 0 Å². The second-order valence-electron chi connectivity index (χ2n) is 8.04. The van der Waals surface area contributed by atoms with E-state index in [-0.39, 0.29) is 5.41 Å². The Bertz CT molecular complexity index is 778. The van der Waals surface area contributed by atoms with E-state index in [9.17, 15) is 0 Å². The summed E-state index contributed by atoms with van der Waals surface area (Å²) in [4.78, 5) is 4.75. The fraction of sp³-hybridized carbons (Fsp3) is 0.583. The van der Waals surface area contributed by atoms with E-state index in [1.807, 2.05) is 0 Å². The van der Waals surface area contributed by atoms with Crippen molar-refractivity contribution in [2.75, 3.05) is 26.3 Å². The van der Waals surface area contributed by atoms with Gasteiger partial charge in [0.15, 0.2) is 11.7 Å². The highest BCUT2D eigenvalue weighted by atomic mass is 16.5. The van der Waals surface area contributed by atoms with Crippen molar-refractivity contribution >= 4 is 5.96 Å². The number of aromatic nitrogens is 1. The van der Waals surface area contributed by atoms with E-state index >= 15 is 0 Å². The zero-order valence-electron chi connectivity index (χ0n) is 18.6. The van der Waals surface area contributed by atoms with Crippen LogP contribution in [0.5, 0.6) is 0 Å². The van der Waals surface area contributed by atoms with Gasteiger partial charge in [0.05, 0.1) is 5.69 Å². The van der Waals surface area contributed by atoms with Gasteiger partial charge >= 0.3 is 0 Å². The number of rotatable bonds is 9. The fourth-order valence-corrected chi connectivity index (χ4v) is 4.18. The summed E-state index contributed by atoms with van der Waals surface area (Å²) in [7, 11) is 0. The van der Waals surface area contributed by atoms with E-state index in [2.05, 4.69) is 73.0 Å². The van der Waals surface area contributed by atoms with Crippen LogP contribution in [0.3, 0.4) is 0 Å². The lowest BCUT2D eigenvalue weighted by molar-refractivity contribution is 0.0514. The molecule has 1 fully saturated rings. The van der Waals surface area contributed by atoms with Crippen LogP contribution < -0.4 is 10.6 Å². The van der Waals surface area contributed by atoms with Crippen LogP contribution in [0.1, 0.15) is 69.4 Å². The van der Waals surface area contributed by atoms with Gasteiger partial charge in [0, 0.05) is 43.7 Å². The molecular formula is C24H36N4O2. The summed E-state index contributed by atoms with van der Waals surface area (Å²) in [5.74, 6) is 2.06. The molecule has 0 spiro atoms. The van der Waals surface area contributed by atoms with Gasteiger partial charge in [-0.05, 0) is 38.2 Å². The monoisotopic (exact) mass is 412 g/mol. The van der Waals surface area contributed by atoms with Gasteiger partial charge in [-0.25, -0.2) is 4.99 Å². The highest BCUT2D eigenvalue weighted by molar-refractivity contribution is 5.79. The Morgan fingerprint density at radius 3 is 2.50 bits per heavy atom. The molecule has 3 rings (SSSR count). The number of hydrogen-bond donors (Lipinski definition) is 2. The summed E-state index contributed by atoms with van der Waals surface area (Å²) in [6.45, 7) is 10.1. The lowest BCUT2D eigenvalue weighted by Crippen LogP contribution is -2.48. The first-order chi connectivity index (χ1) is 14.7. The number of nitrogens with zero attached hydrogens (tertiary/aromatic N) is 2. The number of aliphatic imine (C=N–C) groups is 1. The van der Waals surface area contributed by atoms with E-state index < -0.39 is 0 Å². The maximum absolute atomic E-state index is 5.65. The highest BCUT2D eigenvalue weighted by Crippen LogP contribution is 2.34. The molecule has 0 atom stereocenters. The Morgan fingerprint density at radius 1 is 1.10 bits per heavy atom. The third-order valence-corrected chi connectivity index (χ3v) is 6.15. The largest absolute Gasteiger partial charge is 0.381 e. The molecule has 6 heteroatoms. The minimum Gasteiger partial charge on any atom is -0.381 e. The number of nitrogens with one attached hydrogen (secondary N) is 2. The van der Waals surface area contributed by atoms with E-state index in [1.54, 1.807) is 0 Å². The third-order valence-electron chi connectivity index (χ3n) is 6.15. The highest BCUT2D eigenvalue weighted by Gasteiger charge is 2.34. The zero-order chi connectivity index (χ0) is 21.2. The molecule has 1 aliphatic rings. The third kappa shape index (κ3) is 5.63. The van der Waals surface area contributed by atoms with Gasteiger partial charge in [-0.3, -0.25) is 0 Å². The minimum atomic E-state index is 0.0601. The predicted octanol–water partition coefficient (Wildman–Crippen LogP) is 4.38. The van der Waals surface area contributed by atoms with E-state index in [4.69, 9.17) is 14.3 Å². The molecule has 1 aromatic heterocycles. The molecule has 1 saturated heterocycles. The molecule has 1 aliphatic heterocycles.